The number of aromatic nitrogens is 2. The highest BCUT2D eigenvalue weighted by Crippen LogP contribution is 2.27. The Labute approximate surface area is 158 Å². The molecule has 27 heavy (non-hydrogen) atoms. The molecule has 3 aromatic rings. The second kappa shape index (κ2) is 8.05. The number of hydrogen-bond acceptors (Lipinski definition) is 6. The molecule has 2 aromatic carbocycles. The van der Waals surface area contributed by atoms with E-state index >= 15 is 0 Å². The number of benzene rings is 2. The van der Waals surface area contributed by atoms with Crippen LogP contribution in [0.25, 0.3) is 0 Å². The van der Waals surface area contributed by atoms with Crippen molar-refractivity contribution in [1.82, 2.24) is 10.2 Å². The summed E-state index contributed by atoms with van der Waals surface area (Å²) in [5.41, 5.74) is 0.748. The second-order valence-corrected chi connectivity index (χ2v) is 7.69. The van der Waals surface area contributed by atoms with Crippen LogP contribution in [0.4, 0.5) is 17.3 Å². The van der Waals surface area contributed by atoms with Crippen LogP contribution in [-0.2, 0) is 10.0 Å². The highest BCUT2D eigenvalue weighted by molar-refractivity contribution is 7.92. The van der Waals surface area contributed by atoms with Gasteiger partial charge in [-0.05, 0) is 50.2 Å². The lowest BCUT2D eigenvalue weighted by Gasteiger charge is -2.15. The van der Waals surface area contributed by atoms with Crippen molar-refractivity contribution in [3.63, 3.8) is 0 Å². The zero-order valence-electron chi connectivity index (χ0n) is 15.0. The molecule has 1 heterocycles. The van der Waals surface area contributed by atoms with E-state index in [-0.39, 0.29) is 16.8 Å². The van der Waals surface area contributed by atoms with E-state index in [1.54, 1.807) is 30.3 Å². The molecule has 0 saturated heterocycles. The first kappa shape index (κ1) is 18.7. The van der Waals surface area contributed by atoms with E-state index in [0.717, 1.165) is 5.69 Å². The predicted octanol–water partition coefficient (Wildman–Crippen LogP) is 3.81. The van der Waals surface area contributed by atoms with Crippen LogP contribution < -0.4 is 14.8 Å². The fourth-order valence-corrected chi connectivity index (χ4v) is 3.33. The minimum atomic E-state index is -3.70. The molecule has 1 aromatic heterocycles. The van der Waals surface area contributed by atoms with Gasteiger partial charge in [0.05, 0.1) is 16.7 Å². The first-order valence-corrected chi connectivity index (χ1v) is 9.87. The third kappa shape index (κ3) is 4.95. The molecular formula is C19H20N4O3S. The molecule has 0 amide bonds. The maximum Gasteiger partial charge on any atom is 0.263 e. The van der Waals surface area contributed by atoms with Crippen LogP contribution in [0.3, 0.4) is 0 Å². The number of sulfonamides is 1. The van der Waals surface area contributed by atoms with Gasteiger partial charge >= 0.3 is 0 Å². The van der Waals surface area contributed by atoms with Crippen molar-refractivity contribution in [2.75, 3.05) is 10.0 Å². The molecule has 7 nitrogen and oxygen atoms in total. The molecule has 0 spiro atoms. The smallest absolute Gasteiger partial charge is 0.263 e. The summed E-state index contributed by atoms with van der Waals surface area (Å²) in [7, 11) is -3.70. The van der Waals surface area contributed by atoms with E-state index in [1.807, 2.05) is 38.1 Å². The zero-order chi connectivity index (χ0) is 19.3. The highest BCUT2D eigenvalue weighted by Gasteiger charge is 2.14. The molecule has 140 valence electrons. The molecule has 8 heteroatoms. The Morgan fingerprint density at radius 1 is 0.852 bits per heavy atom. The summed E-state index contributed by atoms with van der Waals surface area (Å²) in [6.07, 6.45) is 0.0359. The van der Waals surface area contributed by atoms with E-state index < -0.39 is 10.0 Å². The van der Waals surface area contributed by atoms with Crippen LogP contribution in [0.1, 0.15) is 13.8 Å². The SMILES string of the molecule is CC(C)Oc1ccccc1Nc1ccc(NS(=O)(=O)c2ccccc2)nn1. The lowest BCUT2D eigenvalue weighted by molar-refractivity contribution is 0.244. The van der Waals surface area contributed by atoms with Gasteiger partial charge < -0.3 is 10.1 Å². The zero-order valence-corrected chi connectivity index (χ0v) is 15.8. The Bertz CT molecular complexity index is 991. The van der Waals surface area contributed by atoms with Gasteiger partial charge in [-0.2, -0.15) is 0 Å². The number of nitrogens with zero attached hydrogens (tertiary/aromatic N) is 2. The van der Waals surface area contributed by atoms with Gasteiger partial charge in [0, 0.05) is 0 Å². The summed E-state index contributed by atoms with van der Waals surface area (Å²) in [6.45, 7) is 3.90. The first-order valence-electron chi connectivity index (χ1n) is 8.38. The summed E-state index contributed by atoms with van der Waals surface area (Å²) < 4.78 is 32.8. The normalized spacial score (nSPS) is 11.2. The van der Waals surface area contributed by atoms with Gasteiger partial charge in [-0.15, -0.1) is 10.2 Å². The standard InChI is InChI=1S/C19H20N4O3S/c1-14(2)26-17-11-7-6-10-16(17)20-18-12-13-19(22-21-18)23-27(24,25)15-8-4-3-5-9-15/h3-14H,1-2H3,(H,20,21)(H,22,23). The minimum Gasteiger partial charge on any atom is -0.489 e. The third-order valence-electron chi connectivity index (χ3n) is 3.47. The van der Waals surface area contributed by atoms with E-state index in [0.29, 0.717) is 11.6 Å². The average molecular weight is 384 g/mol. The van der Waals surface area contributed by atoms with Gasteiger partial charge in [0.1, 0.15) is 5.75 Å². The van der Waals surface area contributed by atoms with Crippen molar-refractivity contribution in [3.05, 3.63) is 66.7 Å². The monoisotopic (exact) mass is 384 g/mol. The van der Waals surface area contributed by atoms with Gasteiger partial charge in [-0.1, -0.05) is 30.3 Å². The van der Waals surface area contributed by atoms with Crippen LogP contribution in [0.2, 0.25) is 0 Å². The number of ether oxygens (including phenoxy) is 1. The molecule has 0 aliphatic rings. The Balaban J connectivity index is 1.73. The Hall–Kier alpha value is -3.13. The number of hydrogen-bond donors (Lipinski definition) is 2. The molecule has 0 aliphatic carbocycles. The summed E-state index contributed by atoms with van der Waals surface area (Å²) in [4.78, 5) is 0.161. The average Bonchev–Trinajstić information content (AvgIpc) is 2.65. The predicted molar refractivity (Wildman–Crippen MR) is 105 cm³/mol. The van der Waals surface area contributed by atoms with E-state index in [4.69, 9.17) is 4.74 Å². The van der Waals surface area contributed by atoms with Gasteiger partial charge in [0.25, 0.3) is 10.0 Å². The summed E-state index contributed by atoms with van der Waals surface area (Å²) in [6, 6.07) is 18.8. The van der Waals surface area contributed by atoms with Crippen LogP contribution in [-0.4, -0.2) is 24.7 Å². The van der Waals surface area contributed by atoms with Crippen LogP contribution >= 0.6 is 0 Å². The molecule has 0 bridgehead atoms. The Morgan fingerprint density at radius 2 is 1.48 bits per heavy atom. The number of nitrogens with one attached hydrogen (secondary N) is 2. The number of anilines is 3. The lowest BCUT2D eigenvalue weighted by Crippen LogP contribution is -2.14. The summed E-state index contributed by atoms with van der Waals surface area (Å²) in [5, 5.41) is 11.1. The highest BCUT2D eigenvalue weighted by atomic mass is 32.2. The molecule has 0 radical (unpaired) electrons. The van der Waals surface area contributed by atoms with Gasteiger partial charge in [0.15, 0.2) is 11.6 Å². The topological polar surface area (TPSA) is 93.2 Å². The van der Waals surface area contributed by atoms with Crippen molar-refractivity contribution in [3.8, 4) is 5.75 Å². The molecule has 0 atom stereocenters. The van der Waals surface area contributed by atoms with Crippen LogP contribution in [0, 0.1) is 0 Å². The molecule has 2 N–H and O–H groups in total. The van der Waals surface area contributed by atoms with Crippen molar-refractivity contribution in [1.29, 1.82) is 0 Å². The Kier molecular flexibility index (Phi) is 5.56. The molecule has 0 aliphatic heterocycles. The minimum absolute atomic E-state index is 0.0359. The molecule has 0 fully saturated rings. The summed E-state index contributed by atoms with van der Waals surface area (Å²) in [5.74, 6) is 1.30. The van der Waals surface area contributed by atoms with Crippen molar-refractivity contribution in [2.45, 2.75) is 24.8 Å². The molecule has 3 rings (SSSR count). The molecule has 0 unspecified atom stereocenters. The van der Waals surface area contributed by atoms with Gasteiger partial charge in [-0.3, -0.25) is 4.72 Å². The van der Waals surface area contributed by atoms with Crippen LogP contribution in [0.15, 0.2) is 71.6 Å². The molecule has 0 saturated carbocycles. The summed E-state index contributed by atoms with van der Waals surface area (Å²) >= 11 is 0. The van der Waals surface area contributed by atoms with Crippen LogP contribution in [0.5, 0.6) is 5.75 Å². The van der Waals surface area contributed by atoms with E-state index in [9.17, 15) is 8.42 Å². The maximum atomic E-state index is 12.3. The van der Waals surface area contributed by atoms with Crippen molar-refractivity contribution < 1.29 is 13.2 Å². The largest absolute Gasteiger partial charge is 0.489 e. The third-order valence-corrected chi connectivity index (χ3v) is 4.84. The Morgan fingerprint density at radius 3 is 2.15 bits per heavy atom. The second-order valence-electron chi connectivity index (χ2n) is 6.01. The van der Waals surface area contributed by atoms with Gasteiger partial charge in [-0.25, -0.2) is 8.42 Å². The lowest BCUT2D eigenvalue weighted by atomic mass is 10.3. The number of para-hydroxylation sites is 2. The van der Waals surface area contributed by atoms with Gasteiger partial charge in [0.2, 0.25) is 0 Å². The van der Waals surface area contributed by atoms with Crippen molar-refractivity contribution in [2.24, 2.45) is 0 Å². The fourth-order valence-electron chi connectivity index (χ4n) is 2.31. The molecular weight excluding hydrogens is 364 g/mol. The number of rotatable bonds is 7. The fraction of sp³-hybridized carbons (Fsp3) is 0.158. The van der Waals surface area contributed by atoms with Crippen molar-refractivity contribution >= 4 is 27.3 Å². The quantitative estimate of drug-likeness (QED) is 0.643. The maximum absolute atomic E-state index is 12.3. The first-order chi connectivity index (χ1) is 12.9. The van der Waals surface area contributed by atoms with E-state index in [2.05, 4.69) is 20.2 Å². The van der Waals surface area contributed by atoms with E-state index in [1.165, 1.54) is 12.1 Å².